The van der Waals surface area contributed by atoms with E-state index in [2.05, 4.69) is 33.7 Å². The Labute approximate surface area is 198 Å². The second-order valence-corrected chi connectivity index (χ2v) is 9.65. The van der Waals surface area contributed by atoms with E-state index in [9.17, 15) is 10.1 Å². The number of amides is 1. The molecule has 1 heterocycles. The number of likely N-dealkylation sites (N-methyl/N-ethyl adjacent to an activating group) is 1. The Hall–Kier alpha value is -3.28. The highest BCUT2D eigenvalue weighted by Gasteiger charge is 2.27. The fourth-order valence-electron chi connectivity index (χ4n) is 4.09. The van der Waals surface area contributed by atoms with Crippen molar-refractivity contribution in [2.24, 2.45) is 0 Å². The zero-order valence-corrected chi connectivity index (χ0v) is 20.1. The molecule has 0 fully saturated rings. The van der Waals surface area contributed by atoms with Crippen molar-refractivity contribution in [1.82, 2.24) is 20.4 Å². The van der Waals surface area contributed by atoms with Gasteiger partial charge in [-0.15, -0.1) is 10.2 Å². The van der Waals surface area contributed by atoms with Gasteiger partial charge >= 0.3 is 0 Å². The van der Waals surface area contributed by atoms with Crippen LogP contribution >= 0.6 is 11.3 Å². The second-order valence-electron chi connectivity index (χ2n) is 8.67. The van der Waals surface area contributed by atoms with E-state index in [0.717, 1.165) is 39.5 Å². The van der Waals surface area contributed by atoms with Gasteiger partial charge in [0.15, 0.2) is 0 Å². The molecule has 0 saturated carbocycles. The molecule has 8 heteroatoms. The molecule has 1 aromatic heterocycles. The van der Waals surface area contributed by atoms with Gasteiger partial charge in [0.25, 0.3) is 0 Å². The largest absolute Gasteiger partial charge is 0.490 e. The number of hydrogen-bond acceptors (Lipinski definition) is 7. The number of benzene rings is 2. The van der Waals surface area contributed by atoms with Crippen molar-refractivity contribution in [1.29, 1.82) is 5.26 Å². The number of hydrogen-bond donors (Lipinski definition) is 1. The van der Waals surface area contributed by atoms with Crippen LogP contribution in [0.1, 0.15) is 43.0 Å². The van der Waals surface area contributed by atoms with Crippen molar-refractivity contribution in [3.8, 4) is 33.0 Å². The van der Waals surface area contributed by atoms with Gasteiger partial charge in [-0.1, -0.05) is 29.5 Å². The number of nitrogens with one attached hydrogen (secondary N) is 1. The molecular formula is C25H27N5O2S. The lowest BCUT2D eigenvalue weighted by Crippen LogP contribution is -2.35. The number of aromatic nitrogens is 2. The standard InChI is InChI=1S/C25H27N5O2S/c1-15(2)32-22-11-8-16(12-17(22)13-26)24-28-29-25(33-24)20-7-5-6-19-18(20)9-10-21(19)27-23(31)14-30(3)4/h5-8,11-12,15,21H,9-10,14H2,1-4H3,(H,27,31)/t21-/m0/s1. The number of carbonyl (C=O) groups excluding carboxylic acids is 1. The van der Waals surface area contributed by atoms with Crippen LogP contribution in [0.5, 0.6) is 5.75 Å². The maximum absolute atomic E-state index is 12.3. The lowest BCUT2D eigenvalue weighted by Gasteiger charge is -2.16. The molecule has 1 aliphatic carbocycles. The average Bonchev–Trinajstić information content (AvgIpc) is 3.41. The van der Waals surface area contributed by atoms with Crippen molar-refractivity contribution in [3.63, 3.8) is 0 Å². The highest BCUT2D eigenvalue weighted by molar-refractivity contribution is 7.17. The van der Waals surface area contributed by atoms with Crippen LogP contribution in [-0.2, 0) is 11.2 Å². The fourth-order valence-corrected chi connectivity index (χ4v) is 4.98. The number of carbonyl (C=O) groups is 1. The summed E-state index contributed by atoms with van der Waals surface area (Å²) in [5.41, 5.74) is 4.75. The van der Waals surface area contributed by atoms with Crippen LogP contribution in [0.3, 0.4) is 0 Å². The summed E-state index contributed by atoms with van der Waals surface area (Å²) in [5.74, 6) is 0.601. The van der Waals surface area contributed by atoms with Crippen LogP contribution in [-0.4, -0.2) is 47.7 Å². The molecule has 0 spiro atoms. The smallest absolute Gasteiger partial charge is 0.234 e. The Kier molecular flexibility index (Phi) is 6.72. The first-order valence-corrected chi connectivity index (χ1v) is 11.8. The Morgan fingerprint density at radius 2 is 2.06 bits per heavy atom. The van der Waals surface area contributed by atoms with Gasteiger partial charge in [0.2, 0.25) is 5.91 Å². The van der Waals surface area contributed by atoms with Gasteiger partial charge in [-0.2, -0.15) is 5.26 Å². The van der Waals surface area contributed by atoms with E-state index in [1.807, 2.05) is 51.0 Å². The lowest BCUT2D eigenvalue weighted by molar-refractivity contribution is -0.122. The lowest BCUT2D eigenvalue weighted by atomic mass is 10.0. The van der Waals surface area contributed by atoms with Gasteiger partial charge in [-0.25, -0.2) is 0 Å². The number of ether oxygens (including phenoxy) is 1. The molecule has 1 amide bonds. The van der Waals surface area contributed by atoms with Crippen LogP contribution in [0.15, 0.2) is 36.4 Å². The SMILES string of the molecule is CC(C)Oc1ccc(-c2nnc(-c3cccc4c3CC[C@@H]4NC(=O)CN(C)C)s2)cc1C#N. The van der Waals surface area contributed by atoms with Crippen LogP contribution < -0.4 is 10.1 Å². The third-order valence-electron chi connectivity index (χ3n) is 5.43. The van der Waals surface area contributed by atoms with Gasteiger partial charge in [0.05, 0.1) is 24.3 Å². The molecule has 1 N–H and O–H groups in total. The topological polar surface area (TPSA) is 91.1 Å². The van der Waals surface area contributed by atoms with Gasteiger partial charge in [-0.3, -0.25) is 4.79 Å². The first kappa shape index (κ1) is 22.9. The molecule has 0 aliphatic heterocycles. The Balaban J connectivity index is 1.59. The molecule has 170 valence electrons. The summed E-state index contributed by atoms with van der Waals surface area (Å²) in [4.78, 5) is 14.1. The quantitative estimate of drug-likeness (QED) is 0.567. The maximum atomic E-state index is 12.3. The van der Waals surface area contributed by atoms with E-state index in [4.69, 9.17) is 4.74 Å². The summed E-state index contributed by atoms with van der Waals surface area (Å²) in [6, 6.07) is 13.9. The minimum atomic E-state index is -0.00671. The monoisotopic (exact) mass is 461 g/mol. The highest BCUT2D eigenvalue weighted by atomic mass is 32.1. The van der Waals surface area contributed by atoms with Gasteiger partial charge in [-0.05, 0) is 70.1 Å². The summed E-state index contributed by atoms with van der Waals surface area (Å²) in [5, 5.41) is 23.1. The van der Waals surface area contributed by atoms with Crippen LogP contribution in [0, 0.1) is 11.3 Å². The predicted octanol–water partition coefficient (Wildman–Crippen LogP) is 4.20. The number of nitriles is 1. The van der Waals surface area contributed by atoms with E-state index in [0.29, 0.717) is 17.9 Å². The molecule has 3 aromatic rings. The molecule has 0 unspecified atom stereocenters. The maximum Gasteiger partial charge on any atom is 0.234 e. The van der Waals surface area contributed by atoms with Gasteiger partial charge in [0, 0.05) is 11.1 Å². The van der Waals surface area contributed by atoms with E-state index in [1.54, 1.807) is 6.07 Å². The van der Waals surface area contributed by atoms with Gasteiger partial charge < -0.3 is 15.0 Å². The summed E-state index contributed by atoms with van der Waals surface area (Å²) in [7, 11) is 3.77. The zero-order chi connectivity index (χ0) is 23.5. The van der Waals surface area contributed by atoms with E-state index in [1.165, 1.54) is 16.9 Å². The van der Waals surface area contributed by atoms with Crippen molar-refractivity contribution in [2.45, 2.75) is 38.8 Å². The average molecular weight is 462 g/mol. The van der Waals surface area contributed by atoms with Crippen molar-refractivity contribution < 1.29 is 9.53 Å². The second kappa shape index (κ2) is 9.69. The molecule has 0 bridgehead atoms. The number of nitrogens with zero attached hydrogens (tertiary/aromatic N) is 4. The molecule has 0 radical (unpaired) electrons. The van der Waals surface area contributed by atoms with E-state index < -0.39 is 0 Å². The molecule has 1 atom stereocenters. The van der Waals surface area contributed by atoms with E-state index in [-0.39, 0.29) is 18.1 Å². The summed E-state index contributed by atoms with van der Waals surface area (Å²) < 4.78 is 5.72. The van der Waals surface area contributed by atoms with Crippen LogP contribution in [0.4, 0.5) is 0 Å². The highest BCUT2D eigenvalue weighted by Crippen LogP contribution is 2.40. The van der Waals surface area contributed by atoms with Crippen LogP contribution in [0.25, 0.3) is 21.1 Å². The molecule has 2 aromatic carbocycles. The molecule has 33 heavy (non-hydrogen) atoms. The molecule has 7 nitrogen and oxygen atoms in total. The molecule has 0 saturated heterocycles. The number of fused-ring (bicyclic) bond motifs is 1. The first-order valence-electron chi connectivity index (χ1n) is 11.0. The Bertz CT molecular complexity index is 1210. The minimum absolute atomic E-state index is 0.00671. The van der Waals surface area contributed by atoms with Crippen molar-refractivity contribution in [3.05, 3.63) is 53.1 Å². The fraction of sp³-hybridized carbons (Fsp3) is 0.360. The normalized spacial score (nSPS) is 14.9. The zero-order valence-electron chi connectivity index (χ0n) is 19.3. The van der Waals surface area contributed by atoms with Gasteiger partial charge in [0.1, 0.15) is 21.8 Å². The Morgan fingerprint density at radius 3 is 2.79 bits per heavy atom. The number of rotatable bonds is 7. The van der Waals surface area contributed by atoms with Crippen molar-refractivity contribution >= 4 is 17.2 Å². The third kappa shape index (κ3) is 5.05. The molecule has 4 rings (SSSR count). The van der Waals surface area contributed by atoms with Crippen molar-refractivity contribution in [2.75, 3.05) is 20.6 Å². The predicted molar refractivity (Wildman–Crippen MR) is 129 cm³/mol. The third-order valence-corrected chi connectivity index (χ3v) is 6.44. The summed E-state index contributed by atoms with van der Waals surface area (Å²) >= 11 is 1.50. The van der Waals surface area contributed by atoms with E-state index >= 15 is 0 Å². The summed E-state index contributed by atoms with van der Waals surface area (Å²) in [6.07, 6.45) is 1.75. The summed E-state index contributed by atoms with van der Waals surface area (Å²) in [6.45, 7) is 4.24. The Morgan fingerprint density at radius 1 is 1.27 bits per heavy atom. The molecular weight excluding hydrogens is 434 g/mol. The molecule has 1 aliphatic rings. The first-order chi connectivity index (χ1) is 15.9. The van der Waals surface area contributed by atoms with Crippen LogP contribution in [0.2, 0.25) is 0 Å². The minimum Gasteiger partial charge on any atom is -0.490 e.